The Bertz CT molecular complexity index is 315. The summed E-state index contributed by atoms with van der Waals surface area (Å²) >= 11 is 0. The van der Waals surface area contributed by atoms with Crippen LogP contribution in [0.25, 0.3) is 0 Å². The summed E-state index contributed by atoms with van der Waals surface area (Å²) in [7, 11) is -10.2. The minimum absolute atomic E-state index is 0.341. The maximum atomic E-state index is 11.0. The minimum atomic E-state index is -5.09. The molecular weight excluding hydrogens is 246 g/mol. The molecule has 0 aliphatic rings. The highest BCUT2D eigenvalue weighted by Crippen LogP contribution is 2.69. The van der Waals surface area contributed by atoms with E-state index >= 15 is 0 Å². The van der Waals surface area contributed by atoms with Crippen LogP contribution >= 0.6 is 15.2 Å². The fraction of sp³-hybridized carbons (Fsp3) is 0.667. The molecule has 0 aromatic rings. The van der Waals surface area contributed by atoms with Gasteiger partial charge in [0.15, 0.2) is 0 Å². The highest BCUT2D eigenvalue weighted by Gasteiger charge is 2.58. The van der Waals surface area contributed by atoms with E-state index < -0.39 is 20.3 Å². The molecule has 0 bridgehead atoms. The van der Waals surface area contributed by atoms with Crippen LogP contribution in [0.3, 0.4) is 0 Å². The first-order valence-electron chi connectivity index (χ1n) is 3.81. The van der Waals surface area contributed by atoms with E-state index in [1.165, 1.54) is 6.92 Å². The average molecular weight is 260 g/mol. The fourth-order valence-electron chi connectivity index (χ4n) is 0.598. The Labute approximate surface area is 87.1 Å². The van der Waals surface area contributed by atoms with Crippen LogP contribution in [-0.4, -0.2) is 31.3 Å². The van der Waals surface area contributed by atoms with Gasteiger partial charge in [-0.3, -0.25) is 9.13 Å². The zero-order valence-corrected chi connectivity index (χ0v) is 10.1. The molecule has 9 heteroatoms. The second-order valence-electron chi connectivity index (χ2n) is 3.27. The van der Waals surface area contributed by atoms with Crippen LogP contribution in [0.15, 0.2) is 12.2 Å². The third-order valence-corrected chi connectivity index (χ3v) is 5.66. The minimum Gasteiger partial charge on any atom is -0.348 e. The molecule has 90 valence electrons. The molecule has 0 aromatic heterocycles. The molecule has 0 heterocycles. The van der Waals surface area contributed by atoms with Gasteiger partial charge in [-0.25, -0.2) is 0 Å². The quantitative estimate of drug-likeness (QED) is 0.421. The Kier molecular flexibility index (Phi) is 4.47. The van der Waals surface area contributed by atoms with Crippen molar-refractivity contribution in [3.05, 3.63) is 12.2 Å². The lowest BCUT2D eigenvalue weighted by Gasteiger charge is -2.30. The number of rotatable bonds is 5. The summed E-state index contributed by atoms with van der Waals surface area (Å²) in [6.45, 7) is 5.23. The predicted molar refractivity (Wildman–Crippen MR) is 53.3 cm³/mol. The summed E-state index contributed by atoms with van der Waals surface area (Å²) in [5.41, 5.74) is 0.392. The van der Waals surface area contributed by atoms with Crippen molar-refractivity contribution in [2.75, 3.05) is 6.61 Å². The molecule has 0 fully saturated rings. The van der Waals surface area contributed by atoms with Gasteiger partial charge in [0.05, 0.1) is 6.61 Å². The van der Waals surface area contributed by atoms with Crippen LogP contribution in [-0.2, 0) is 13.9 Å². The van der Waals surface area contributed by atoms with E-state index in [9.17, 15) is 9.13 Å². The molecule has 0 atom stereocenters. The van der Waals surface area contributed by atoms with Crippen LogP contribution in [0.4, 0.5) is 0 Å². The SMILES string of the molecule is C=C(C)COC(C)(P(=O)(O)O)P(=O)(O)O. The van der Waals surface area contributed by atoms with E-state index in [4.69, 9.17) is 19.6 Å². The smallest absolute Gasteiger partial charge is 0.348 e. The van der Waals surface area contributed by atoms with Crippen molar-refractivity contribution in [1.29, 1.82) is 0 Å². The third kappa shape index (κ3) is 3.50. The molecule has 0 aliphatic carbocycles. The van der Waals surface area contributed by atoms with Crippen molar-refractivity contribution in [3.63, 3.8) is 0 Å². The third-order valence-electron chi connectivity index (χ3n) is 1.67. The van der Waals surface area contributed by atoms with Gasteiger partial charge < -0.3 is 24.3 Å². The van der Waals surface area contributed by atoms with Gasteiger partial charge in [-0.1, -0.05) is 12.2 Å². The first-order valence-corrected chi connectivity index (χ1v) is 7.04. The maximum absolute atomic E-state index is 11.0. The summed E-state index contributed by atoms with van der Waals surface area (Å²) < 4.78 is 26.5. The van der Waals surface area contributed by atoms with Crippen molar-refractivity contribution in [1.82, 2.24) is 0 Å². The van der Waals surface area contributed by atoms with Gasteiger partial charge in [-0.15, -0.1) is 0 Å². The van der Waals surface area contributed by atoms with E-state index in [0.29, 0.717) is 12.5 Å². The van der Waals surface area contributed by atoms with E-state index in [2.05, 4.69) is 11.3 Å². The molecule has 7 nitrogen and oxygen atoms in total. The summed E-state index contributed by atoms with van der Waals surface area (Å²) in [6.07, 6.45) is 0. The lowest BCUT2D eigenvalue weighted by Crippen LogP contribution is -2.29. The Morgan fingerprint density at radius 3 is 1.80 bits per heavy atom. The molecule has 15 heavy (non-hydrogen) atoms. The zero-order valence-electron chi connectivity index (χ0n) is 8.32. The molecule has 0 saturated carbocycles. The Balaban J connectivity index is 5.16. The lowest BCUT2D eigenvalue weighted by atomic mass is 10.4. The van der Waals surface area contributed by atoms with Crippen LogP contribution < -0.4 is 0 Å². The van der Waals surface area contributed by atoms with Crippen molar-refractivity contribution >= 4 is 15.2 Å². The van der Waals surface area contributed by atoms with Crippen molar-refractivity contribution in [2.45, 2.75) is 18.9 Å². The second-order valence-corrected chi connectivity index (χ2v) is 7.50. The normalized spacial score (nSPS) is 14.0. The predicted octanol–water partition coefficient (Wildman–Crippen LogP) is 0.608. The van der Waals surface area contributed by atoms with E-state index in [-0.39, 0.29) is 6.61 Å². The molecule has 0 unspecified atom stereocenters. The molecule has 0 aliphatic heterocycles. The molecule has 0 radical (unpaired) electrons. The van der Waals surface area contributed by atoms with Crippen molar-refractivity contribution < 1.29 is 33.4 Å². The van der Waals surface area contributed by atoms with Crippen LogP contribution in [0, 0.1) is 0 Å². The molecular formula is C6H14O7P2. The summed E-state index contributed by atoms with van der Waals surface area (Å²) in [6, 6.07) is 0. The molecule has 0 amide bonds. The van der Waals surface area contributed by atoms with Gasteiger partial charge in [0.25, 0.3) is 5.08 Å². The zero-order chi connectivity index (χ0) is 12.5. The van der Waals surface area contributed by atoms with Gasteiger partial charge in [-0.05, 0) is 13.8 Å². The largest absolute Gasteiger partial charge is 0.369 e. The van der Waals surface area contributed by atoms with Crippen molar-refractivity contribution in [2.24, 2.45) is 0 Å². The number of ether oxygens (including phenoxy) is 1. The average Bonchev–Trinajstić information content (AvgIpc) is 1.95. The van der Waals surface area contributed by atoms with Gasteiger partial charge in [-0.2, -0.15) is 0 Å². The van der Waals surface area contributed by atoms with Gasteiger partial charge in [0.2, 0.25) is 0 Å². The van der Waals surface area contributed by atoms with Gasteiger partial charge in [0.1, 0.15) is 0 Å². The summed E-state index contributed by atoms with van der Waals surface area (Å²) in [5.74, 6) is 0. The van der Waals surface area contributed by atoms with Gasteiger partial charge >= 0.3 is 15.2 Å². The molecule has 0 saturated heterocycles. The molecule has 0 spiro atoms. The van der Waals surface area contributed by atoms with Crippen LogP contribution in [0.2, 0.25) is 0 Å². The molecule has 0 aromatic carbocycles. The number of hydrogen-bond acceptors (Lipinski definition) is 3. The van der Waals surface area contributed by atoms with E-state index in [1.54, 1.807) is 0 Å². The Morgan fingerprint density at radius 2 is 1.60 bits per heavy atom. The summed E-state index contributed by atoms with van der Waals surface area (Å²) in [4.78, 5) is 35.4. The highest BCUT2D eigenvalue weighted by molar-refractivity contribution is 7.72. The van der Waals surface area contributed by atoms with E-state index in [0.717, 1.165) is 0 Å². The summed E-state index contributed by atoms with van der Waals surface area (Å²) in [5, 5.41) is -2.82. The highest BCUT2D eigenvalue weighted by atomic mass is 31.2. The fourth-order valence-corrected chi connectivity index (χ4v) is 2.42. The first kappa shape index (κ1) is 15.0. The van der Waals surface area contributed by atoms with Gasteiger partial charge in [0, 0.05) is 0 Å². The van der Waals surface area contributed by atoms with Crippen LogP contribution in [0.5, 0.6) is 0 Å². The molecule has 4 N–H and O–H groups in total. The molecule has 0 rings (SSSR count). The van der Waals surface area contributed by atoms with Crippen LogP contribution in [0.1, 0.15) is 13.8 Å². The topological polar surface area (TPSA) is 124 Å². The lowest BCUT2D eigenvalue weighted by molar-refractivity contribution is 0.0631. The standard InChI is InChI=1S/C6H14O7P2/c1-5(2)4-13-6(3,14(7,8)9)15(10,11)12/h1,4H2,2-3H3,(H2,7,8,9)(H2,10,11,12). The Hall–Kier alpha value is -0.0000000000000000416. The van der Waals surface area contributed by atoms with E-state index in [1.807, 2.05) is 0 Å². The Morgan fingerprint density at radius 1 is 1.27 bits per heavy atom. The maximum Gasteiger partial charge on any atom is 0.369 e. The second kappa shape index (κ2) is 4.47. The number of hydrogen-bond donors (Lipinski definition) is 4. The first-order chi connectivity index (χ1) is 6.42. The monoisotopic (exact) mass is 260 g/mol. The van der Waals surface area contributed by atoms with Crippen molar-refractivity contribution in [3.8, 4) is 0 Å².